The molecule has 1 saturated heterocycles. The molecule has 0 atom stereocenters. The van der Waals surface area contributed by atoms with Crippen molar-refractivity contribution in [3.05, 3.63) is 99.8 Å². The van der Waals surface area contributed by atoms with E-state index < -0.39 is 0 Å². The number of hydrogen-bond acceptors (Lipinski definition) is 5. The average Bonchev–Trinajstić information content (AvgIpc) is 3.32. The number of aromatic nitrogens is 3. The molecule has 7 nitrogen and oxygen atoms in total. The van der Waals surface area contributed by atoms with Gasteiger partial charge in [-0.25, -0.2) is 4.98 Å². The second-order valence-corrected chi connectivity index (χ2v) is 9.11. The number of fused-ring (bicyclic) bond motifs is 2. The molecule has 1 amide bonds. The van der Waals surface area contributed by atoms with Crippen molar-refractivity contribution in [2.24, 2.45) is 0 Å². The molecular weight excluding hydrogens is 464 g/mol. The van der Waals surface area contributed by atoms with Crippen LogP contribution in [0.4, 0.5) is 0 Å². The number of nitrogens with zero attached hydrogens (tertiary/aromatic N) is 4. The molecule has 0 unspecified atom stereocenters. The lowest BCUT2D eigenvalue weighted by atomic mass is 9.96. The first-order valence-corrected chi connectivity index (χ1v) is 11.9. The fourth-order valence-corrected chi connectivity index (χ4v) is 4.83. The molecule has 0 aliphatic carbocycles. The summed E-state index contributed by atoms with van der Waals surface area (Å²) in [4.78, 5) is 33.2. The molecule has 5 aromatic rings. The highest BCUT2D eigenvalue weighted by Gasteiger charge is 2.29. The van der Waals surface area contributed by atoms with Gasteiger partial charge in [0.05, 0.1) is 11.1 Å². The van der Waals surface area contributed by atoms with E-state index >= 15 is 0 Å². The zero-order valence-corrected chi connectivity index (χ0v) is 19.5. The molecule has 35 heavy (non-hydrogen) atoms. The minimum atomic E-state index is -0.252. The molecule has 1 aliphatic rings. The number of carbonyl (C=O) groups is 1. The van der Waals surface area contributed by atoms with Crippen molar-refractivity contribution in [1.29, 1.82) is 0 Å². The van der Waals surface area contributed by atoms with Gasteiger partial charge in [-0.05, 0) is 49.2 Å². The summed E-state index contributed by atoms with van der Waals surface area (Å²) in [5, 5.41) is 6.18. The third kappa shape index (κ3) is 3.88. The van der Waals surface area contributed by atoms with Crippen LogP contribution in [0.25, 0.3) is 27.6 Å². The summed E-state index contributed by atoms with van der Waals surface area (Å²) in [6.07, 6.45) is 1.45. The van der Waals surface area contributed by atoms with Crippen LogP contribution in [0.1, 0.15) is 35.1 Å². The van der Waals surface area contributed by atoms with Gasteiger partial charge in [0.15, 0.2) is 17.2 Å². The van der Waals surface area contributed by atoms with Crippen LogP contribution >= 0.6 is 11.6 Å². The number of rotatable bonds is 3. The largest absolute Gasteiger partial charge is 0.440 e. The number of piperidine rings is 1. The van der Waals surface area contributed by atoms with Crippen LogP contribution in [0.3, 0.4) is 0 Å². The van der Waals surface area contributed by atoms with Crippen molar-refractivity contribution in [2.45, 2.75) is 18.8 Å². The molecule has 3 aromatic carbocycles. The maximum absolute atomic E-state index is 13.6. The van der Waals surface area contributed by atoms with Gasteiger partial charge in [-0.2, -0.15) is 9.78 Å². The molecule has 0 bridgehead atoms. The van der Waals surface area contributed by atoms with E-state index in [0.29, 0.717) is 46.0 Å². The summed E-state index contributed by atoms with van der Waals surface area (Å²) in [7, 11) is 0. The van der Waals surface area contributed by atoms with Crippen LogP contribution in [0, 0.1) is 0 Å². The number of hydrogen-bond donors (Lipinski definition) is 0. The first-order valence-electron chi connectivity index (χ1n) is 11.5. The number of carbonyl (C=O) groups excluding carboxylic acids is 1. The molecular formula is C27H21ClN4O3. The van der Waals surface area contributed by atoms with E-state index in [-0.39, 0.29) is 23.1 Å². The Labute approximate surface area is 205 Å². The summed E-state index contributed by atoms with van der Waals surface area (Å²) in [5.74, 6) is 0.609. The molecule has 174 valence electrons. The van der Waals surface area contributed by atoms with Gasteiger partial charge in [0, 0.05) is 29.4 Å². The Morgan fingerprint density at radius 1 is 0.943 bits per heavy atom. The van der Waals surface area contributed by atoms with E-state index in [9.17, 15) is 9.59 Å². The summed E-state index contributed by atoms with van der Waals surface area (Å²) in [6, 6.07) is 21.7. The second kappa shape index (κ2) is 8.67. The lowest BCUT2D eigenvalue weighted by Crippen LogP contribution is -2.39. The number of likely N-dealkylation sites (tertiary alicyclic amines) is 1. The third-order valence-electron chi connectivity index (χ3n) is 6.51. The number of halogens is 1. The zero-order chi connectivity index (χ0) is 23.9. The van der Waals surface area contributed by atoms with Crippen LogP contribution in [-0.4, -0.2) is 38.7 Å². The zero-order valence-electron chi connectivity index (χ0n) is 18.7. The monoisotopic (exact) mass is 484 g/mol. The number of amides is 1. The summed E-state index contributed by atoms with van der Waals surface area (Å²) < 4.78 is 7.27. The quantitative estimate of drug-likeness (QED) is 0.351. The highest BCUT2D eigenvalue weighted by atomic mass is 35.5. The third-order valence-corrected chi connectivity index (χ3v) is 6.74. The predicted octanol–water partition coefficient (Wildman–Crippen LogP) is 5.20. The normalized spacial score (nSPS) is 14.6. The highest BCUT2D eigenvalue weighted by molar-refractivity contribution is 6.31. The van der Waals surface area contributed by atoms with E-state index in [1.807, 2.05) is 30.3 Å². The van der Waals surface area contributed by atoms with Gasteiger partial charge >= 0.3 is 0 Å². The first-order chi connectivity index (χ1) is 17.1. The van der Waals surface area contributed by atoms with Gasteiger partial charge in [-0.15, -0.1) is 0 Å². The van der Waals surface area contributed by atoms with Gasteiger partial charge in [0.2, 0.25) is 0 Å². The molecule has 1 fully saturated rings. The maximum atomic E-state index is 13.6. The summed E-state index contributed by atoms with van der Waals surface area (Å²) in [5.41, 5.74) is 2.09. The molecule has 0 spiro atoms. The van der Waals surface area contributed by atoms with Crippen LogP contribution in [-0.2, 0) is 0 Å². The van der Waals surface area contributed by atoms with E-state index in [1.165, 1.54) is 4.68 Å². The van der Waals surface area contributed by atoms with Gasteiger partial charge in [0.25, 0.3) is 11.5 Å². The average molecular weight is 485 g/mol. The molecule has 0 radical (unpaired) electrons. The Morgan fingerprint density at radius 3 is 2.43 bits per heavy atom. The Kier molecular flexibility index (Phi) is 5.34. The molecule has 1 aliphatic heterocycles. The first kappa shape index (κ1) is 21.6. The van der Waals surface area contributed by atoms with Crippen LogP contribution in [0.15, 0.2) is 82.0 Å². The number of para-hydroxylation sites is 1. The number of oxazole rings is 1. The van der Waals surface area contributed by atoms with Crippen LogP contribution in [0.2, 0.25) is 5.02 Å². The fraction of sp³-hybridized carbons (Fsp3) is 0.185. The van der Waals surface area contributed by atoms with Crippen molar-refractivity contribution in [1.82, 2.24) is 19.7 Å². The molecule has 6 rings (SSSR count). The summed E-state index contributed by atoms with van der Waals surface area (Å²) in [6.45, 7) is 1.09. The fourth-order valence-electron chi connectivity index (χ4n) is 4.66. The standard InChI is InChI=1S/C27H21ClN4O3/c28-18-10-11-23-22(16-18)29-25(35-23)17-12-14-31(15-13-17)27(34)24-20-8-4-5-9-21(20)26(33)32(30-24)19-6-2-1-3-7-19/h1-11,16-17H,12-15H2. The lowest BCUT2D eigenvalue weighted by molar-refractivity contribution is 0.0701. The van der Waals surface area contributed by atoms with Crippen molar-refractivity contribution in [2.75, 3.05) is 13.1 Å². The van der Waals surface area contributed by atoms with Crippen molar-refractivity contribution >= 4 is 39.4 Å². The van der Waals surface area contributed by atoms with Crippen molar-refractivity contribution in [3.8, 4) is 5.69 Å². The van der Waals surface area contributed by atoms with Gasteiger partial charge in [0.1, 0.15) is 5.52 Å². The van der Waals surface area contributed by atoms with Gasteiger partial charge < -0.3 is 9.32 Å². The number of benzene rings is 3. The minimum Gasteiger partial charge on any atom is -0.440 e. The van der Waals surface area contributed by atoms with Gasteiger partial charge in [-0.1, -0.05) is 48.0 Å². The van der Waals surface area contributed by atoms with Gasteiger partial charge in [-0.3, -0.25) is 9.59 Å². The smallest absolute Gasteiger partial charge is 0.279 e. The SMILES string of the molecule is O=C(c1nn(-c2ccccc2)c(=O)c2ccccc12)N1CCC(c2nc3cc(Cl)ccc3o2)CC1. The van der Waals surface area contributed by atoms with Crippen molar-refractivity contribution in [3.63, 3.8) is 0 Å². The Balaban J connectivity index is 1.30. The maximum Gasteiger partial charge on any atom is 0.279 e. The minimum absolute atomic E-state index is 0.119. The topological polar surface area (TPSA) is 81.2 Å². The molecule has 0 saturated carbocycles. The Morgan fingerprint density at radius 2 is 1.66 bits per heavy atom. The molecule has 2 aromatic heterocycles. The predicted molar refractivity (Wildman–Crippen MR) is 134 cm³/mol. The Bertz CT molecular complexity index is 1620. The van der Waals surface area contributed by atoms with E-state index in [1.54, 1.807) is 47.4 Å². The molecule has 3 heterocycles. The molecule has 0 N–H and O–H groups in total. The van der Waals surface area contributed by atoms with E-state index in [4.69, 9.17) is 16.0 Å². The van der Waals surface area contributed by atoms with E-state index in [2.05, 4.69) is 10.1 Å². The lowest BCUT2D eigenvalue weighted by Gasteiger charge is -2.30. The summed E-state index contributed by atoms with van der Waals surface area (Å²) >= 11 is 6.07. The van der Waals surface area contributed by atoms with Crippen LogP contribution < -0.4 is 5.56 Å². The van der Waals surface area contributed by atoms with Crippen LogP contribution in [0.5, 0.6) is 0 Å². The second-order valence-electron chi connectivity index (χ2n) is 8.68. The Hall–Kier alpha value is -3.97. The molecule has 8 heteroatoms. The van der Waals surface area contributed by atoms with Crippen molar-refractivity contribution < 1.29 is 9.21 Å². The van der Waals surface area contributed by atoms with E-state index in [0.717, 1.165) is 18.4 Å². The highest BCUT2D eigenvalue weighted by Crippen LogP contribution is 2.31.